The fourth-order valence-electron chi connectivity index (χ4n) is 7.26. The third kappa shape index (κ3) is 9.46. The van der Waals surface area contributed by atoms with Crippen LogP contribution in [0.15, 0.2) is 70.6 Å². The molecule has 3 aromatic rings. The molecule has 4 heteroatoms. The summed E-state index contributed by atoms with van der Waals surface area (Å²) in [4.78, 5) is 15.4. The van der Waals surface area contributed by atoms with E-state index in [9.17, 15) is 0 Å². The lowest BCUT2D eigenvalue weighted by atomic mass is 10.0. The standard InChI is InChI=1S/C42H60N4/c1-3-5-7-9-11-13-15-17-19-25-31-45-39-29-23-21-27-35(39)43-37-34-42-38(33-41(37)45)44-36-28-22-24-30-40(36)46(42)32-26-20-18-16-14-12-10-8-6-4-2/h21-24,27-30,33-34H,3-20,25-26,31-32H2,1-2H3. The second kappa shape index (κ2) is 18.9. The zero-order valence-electron chi connectivity index (χ0n) is 29.1. The Bertz CT molecular complexity index is 1350. The number of fused-ring (bicyclic) bond motifs is 4. The fourth-order valence-corrected chi connectivity index (χ4v) is 7.26. The molecule has 2 aliphatic rings. The number of nitrogens with zero attached hydrogens (tertiary/aromatic N) is 4. The van der Waals surface area contributed by atoms with Crippen LogP contribution in [0.5, 0.6) is 0 Å². The van der Waals surface area contributed by atoms with Crippen LogP contribution in [0.25, 0.3) is 0 Å². The largest absolute Gasteiger partial charge is 0.338 e. The van der Waals surface area contributed by atoms with Crippen LogP contribution >= 0.6 is 0 Å². The lowest BCUT2D eigenvalue weighted by Crippen LogP contribution is -2.34. The van der Waals surface area contributed by atoms with Crippen molar-refractivity contribution in [3.63, 3.8) is 0 Å². The molecule has 0 saturated heterocycles. The Morgan fingerprint density at radius 2 is 0.717 bits per heavy atom. The van der Waals surface area contributed by atoms with Gasteiger partial charge in [0.05, 0.1) is 44.8 Å². The molecule has 5 rings (SSSR count). The van der Waals surface area contributed by atoms with Gasteiger partial charge in [0, 0.05) is 13.1 Å². The molecule has 3 aromatic carbocycles. The smallest absolute Gasteiger partial charge is 0.0897 e. The first-order chi connectivity index (χ1) is 22.8. The van der Waals surface area contributed by atoms with Crippen molar-refractivity contribution in [3.8, 4) is 0 Å². The van der Waals surface area contributed by atoms with Crippen molar-refractivity contribution in [2.75, 3.05) is 22.9 Å². The molecule has 0 atom stereocenters. The van der Waals surface area contributed by atoms with E-state index in [2.05, 4.69) is 84.3 Å². The number of rotatable bonds is 22. The van der Waals surface area contributed by atoms with Crippen LogP contribution in [0.4, 0.5) is 34.1 Å². The van der Waals surface area contributed by atoms with Crippen molar-refractivity contribution in [1.82, 2.24) is 0 Å². The van der Waals surface area contributed by atoms with Crippen molar-refractivity contribution in [3.05, 3.63) is 71.4 Å². The number of anilines is 4. The molecule has 0 unspecified atom stereocenters. The zero-order valence-corrected chi connectivity index (χ0v) is 29.1. The monoisotopic (exact) mass is 620 g/mol. The zero-order chi connectivity index (χ0) is 31.8. The van der Waals surface area contributed by atoms with Gasteiger partial charge in [0.25, 0.3) is 0 Å². The summed E-state index contributed by atoms with van der Waals surface area (Å²) in [7, 11) is 0. The SMILES string of the molecule is CCCCCCCCCCCCN1c2ccccc2N=c2cc3c(cc21)=Nc1ccccc1N3CCCCCCCCCCCC. The second-order valence-electron chi connectivity index (χ2n) is 13.7. The van der Waals surface area contributed by atoms with Crippen molar-refractivity contribution in [1.29, 1.82) is 0 Å². The number of benzene rings is 3. The quantitative estimate of drug-likeness (QED) is 0.105. The fraction of sp³-hybridized carbons (Fsp3) is 0.571. The predicted octanol–water partition coefficient (Wildman–Crippen LogP) is 12.3. The van der Waals surface area contributed by atoms with E-state index in [-0.39, 0.29) is 0 Å². The van der Waals surface area contributed by atoms with Crippen LogP contribution in [0, 0.1) is 0 Å². The van der Waals surface area contributed by atoms with Crippen LogP contribution in [0.2, 0.25) is 0 Å². The molecule has 0 radical (unpaired) electrons. The third-order valence-electron chi connectivity index (χ3n) is 9.95. The highest BCUT2D eigenvalue weighted by Gasteiger charge is 2.24. The summed E-state index contributed by atoms with van der Waals surface area (Å²) in [5, 5.41) is 2.15. The molecule has 0 spiro atoms. The van der Waals surface area contributed by atoms with Crippen molar-refractivity contribution >= 4 is 34.1 Å². The molecule has 0 saturated carbocycles. The molecule has 0 aliphatic carbocycles. The van der Waals surface area contributed by atoms with Crippen molar-refractivity contribution < 1.29 is 0 Å². The van der Waals surface area contributed by atoms with E-state index < -0.39 is 0 Å². The number of hydrogen-bond donors (Lipinski definition) is 0. The summed E-state index contributed by atoms with van der Waals surface area (Å²) < 4.78 is 0. The van der Waals surface area contributed by atoms with Crippen molar-refractivity contribution in [2.45, 2.75) is 142 Å². The Balaban J connectivity index is 1.25. The predicted molar refractivity (Wildman–Crippen MR) is 199 cm³/mol. The van der Waals surface area contributed by atoms with Crippen LogP contribution in [-0.4, -0.2) is 13.1 Å². The average Bonchev–Trinajstić information content (AvgIpc) is 3.08. The average molecular weight is 621 g/mol. The summed E-state index contributed by atoms with van der Waals surface area (Å²) in [6.07, 6.45) is 27.1. The normalized spacial score (nSPS) is 13.0. The maximum atomic E-state index is 5.20. The number of unbranched alkanes of at least 4 members (excludes halogenated alkanes) is 18. The summed E-state index contributed by atoms with van der Waals surface area (Å²) in [6, 6.07) is 22.0. The summed E-state index contributed by atoms with van der Waals surface area (Å²) >= 11 is 0. The van der Waals surface area contributed by atoms with Gasteiger partial charge in [0.1, 0.15) is 0 Å². The van der Waals surface area contributed by atoms with Crippen LogP contribution < -0.4 is 20.5 Å². The lowest BCUT2D eigenvalue weighted by Gasteiger charge is -2.33. The molecule has 0 amide bonds. The molecule has 4 nitrogen and oxygen atoms in total. The van der Waals surface area contributed by atoms with Gasteiger partial charge in [0.2, 0.25) is 0 Å². The summed E-state index contributed by atoms with van der Waals surface area (Å²) in [5.41, 5.74) is 7.02. The highest BCUT2D eigenvalue weighted by molar-refractivity contribution is 5.81. The maximum Gasteiger partial charge on any atom is 0.0897 e. The summed E-state index contributed by atoms with van der Waals surface area (Å²) in [6.45, 7) is 6.64. The highest BCUT2D eigenvalue weighted by atomic mass is 15.2. The Labute approximate surface area is 280 Å². The number of para-hydroxylation sites is 4. The second-order valence-corrected chi connectivity index (χ2v) is 13.7. The van der Waals surface area contributed by atoms with Gasteiger partial charge >= 0.3 is 0 Å². The Hall–Kier alpha value is -3.14. The minimum Gasteiger partial charge on any atom is -0.338 e. The molecule has 0 fully saturated rings. The van der Waals surface area contributed by atoms with Gasteiger partial charge in [0.15, 0.2) is 0 Å². The van der Waals surface area contributed by atoms with E-state index in [1.54, 1.807) is 0 Å². The van der Waals surface area contributed by atoms with E-state index in [1.165, 1.54) is 151 Å². The van der Waals surface area contributed by atoms with Crippen LogP contribution in [0.1, 0.15) is 142 Å². The van der Waals surface area contributed by atoms with E-state index in [1.807, 2.05) is 0 Å². The molecule has 0 aromatic heterocycles. The molecule has 0 bridgehead atoms. The van der Waals surface area contributed by atoms with Gasteiger partial charge in [-0.05, 0) is 49.2 Å². The first-order valence-corrected chi connectivity index (χ1v) is 19.1. The van der Waals surface area contributed by atoms with Gasteiger partial charge < -0.3 is 9.80 Å². The van der Waals surface area contributed by atoms with Crippen LogP contribution in [-0.2, 0) is 0 Å². The molecular formula is C42H60N4. The first-order valence-electron chi connectivity index (χ1n) is 19.1. The van der Waals surface area contributed by atoms with E-state index in [0.717, 1.165) is 35.2 Å². The Kier molecular flexibility index (Phi) is 14.0. The highest BCUT2D eigenvalue weighted by Crippen LogP contribution is 2.39. The topological polar surface area (TPSA) is 31.2 Å². The molecule has 248 valence electrons. The lowest BCUT2D eigenvalue weighted by molar-refractivity contribution is 0.557. The van der Waals surface area contributed by atoms with E-state index >= 15 is 0 Å². The van der Waals surface area contributed by atoms with E-state index in [0.29, 0.717) is 0 Å². The van der Waals surface area contributed by atoms with E-state index in [4.69, 9.17) is 9.98 Å². The summed E-state index contributed by atoms with van der Waals surface area (Å²) in [5.74, 6) is 0. The molecule has 46 heavy (non-hydrogen) atoms. The van der Waals surface area contributed by atoms with Gasteiger partial charge in [-0.25, -0.2) is 9.98 Å². The molecule has 0 N–H and O–H groups in total. The Morgan fingerprint density at radius 3 is 1.09 bits per heavy atom. The number of hydrogen-bond acceptors (Lipinski definition) is 4. The van der Waals surface area contributed by atoms with Gasteiger partial charge in [-0.2, -0.15) is 0 Å². The Morgan fingerprint density at radius 1 is 0.391 bits per heavy atom. The van der Waals surface area contributed by atoms with Crippen LogP contribution in [0.3, 0.4) is 0 Å². The first kappa shape index (κ1) is 34.2. The van der Waals surface area contributed by atoms with Gasteiger partial charge in [-0.3, -0.25) is 0 Å². The molecular weight excluding hydrogens is 560 g/mol. The van der Waals surface area contributed by atoms with Crippen molar-refractivity contribution in [2.24, 2.45) is 9.98 Å². The minimum atomic E-state index is 1.02. The molecule has 2 aliphatic heterocycles. The minimum absolute atomic E-state index is 1.02. The maximum absolute atomic E-state index is 5.20. The van der Waals surface area contributed by atoms with Gasteiger partial charge in [-0.15, -0.1) is 0 Å². The third-order valence-corrected chi connectivity index (χ3v) is 9.95. The van der Waals surface area contributed by atoms with Gasteiger partial charge in [-0.1, -0.05) is 154 Å². The molecule has 2 heterocycles.